The number of aliphatic carboxylic acids is 1. The molecule has 0 heterocycles. The third kappa shape index (κ3) is 9.65. The van der Waals surface area contributed by atoms with Crippen LogP contribution in [0.1, 0.15) is 47.0 Å². The number of carbonyl (C=O) groups excluding carboxylic acids is 3. The van der Waals surface area contributed by atoms with Crippen molar-refractivity contribution in [2.75, 3.05) is 7.05 Å². The van der Waals surface area contributed by atoms with Crippen LogP contribution in [0.15, 0.2) is 0 Å². The minimum atomic E-state index is -1.22. The fraction of sp³-hybridized carbons (Fsp3) is 0.733. The molecule has 0 aliphatic rings. The van der Waals surface area contributed by atoms with Crippen LogP contribution in [0.4, 0.5) is 4.79 Å². The molecule has 9 nitrogen and oxygen atoms in total. The fourth-order valence-electron chi connectivity index (χ4n) is 1.82. The maximum Gasteiger partial charge on any atom is 0.408 e. The van der Waals surface area contributed by atoms with Gasteiger partial charge in [0, 0.05) is 14.0 Å². The maximum absolute atomic E-state index is 11.6. The second-order valence-corrected chi connectivity index (χ2v) is 6.18. The lowest BCUT2D eigenvalue weighted by Gasteiger charge is -2.22. The van der Waals surface area contributed by atoms with Gasteiger partial charge in [0.15, 0.2) is 6.10 Å². The van der Waals surface area contributed by atoms with Gasteiger partial charge >= 0.3 is 18.0 Å². The van der Waals surface area contributed by atoms with E-state index in [1.165, 1.54) is 14.0 Å². The molecular formula is C15H26N2O7. The Morgan fingerprint density at radius 2 is 1.71 bits per heavy atom. The number of hydrogen-bond acceptors (Lipinski definition) is 6. The predicted octanol–water partition coefficient (Wildman–Crippen LogP) is 0.812. The van der Waals surface area contributed by atoms with Crippen molar-refractivity contribution >= 4 is 23.9 Å². The molecule has 0 aromatic carbocycles. The summed E-state index contributed by atoms with van der Waals surface area (Å²) in [5, 5.41) is 13.8. The average Bonchev–Trinajstić information content (AvgIpc) is 2.41. The second-order valence-electron chi connectivity index (χ2n) is 6.18. The van der Waals surface area contributed by atoms with Gasteiger partial charge in [-0.15, -0.1) is 0 Å². The lowest BCUT2D eigenvalue weighted by Crippen LogP contribution is -2.43. The van der Waals surface area contributed by atoms with Gasteiger partial charge in [0.25, 0.3) is 5.91 Å². The van der Waals surface area contributed by atoms with E-state index in [1.807, 2.05) is 0 Å². The Hall–Kier alpha value is -2.32. The zero-order valence-corrected chi connectivity index (χ0v) is 14.7. The molecule has 0 aliphatic carbocycles. The highest BCUT2D eigenvalue weighted by Gasteiger charge is 2.25. The number of alkyl carbamates (subject to hydrolysis) is 1. The molecule has 24 heavy (non-hydrogen) atoms. The summed E-state index contributed by atoms with van der Waals surface area (Å²) in [7, 11) is 1.41. The van der Waals surface area contributed by atoms with Crippen molar-refractivity contribution in [1.82, 2.24) is 10.6 Å². The Morgan fingerprint density at radius 3 is 2.12 bits per heavy atom. The number of likely N-dealkylation sites (N-methyl/N-ethyl adjacent to an activating group) is 1. The lowest BCUT2D eigenvalue weighted by molar-refractivity contribution is -0.154. The first kappa shape index (κ1) is 21.7. The van der Waals surface area contributed by atoms with E-state index in [2.05, 4.69) is 10.6 Å². The SMILES string of the molecule is CNC(=O)C(CCC[C@H](NC(=O)OC(C)(C)C)C(=O)O)OC(C)=O. The molecule has 0 saturated carbocycles. The number of esters is 1. The monoisotopic (exact) mass is 346 g/mol. The quantitative estimate of drug-likeness (QED) is 0.554. The van der Waals surface area contributed by atoms with Crippen molar-refractivity contribution in [2.45, 2.75) is 64.7 Å². The first-order valence-electron chi connectivity index (χ1n) is 7.57. The third-order valence-electron chi connectivity index (χ3n) is 2.80. The van der Waals surface area contributed by atoms with E-state index in [1.54, 1.807) is 20.8 Å². The number of carboxylic acids is 1. The first-order valence-corrected chi connectivity index (χ1v) is 7.57. The molecule has 2 amide bonds. The summed E-state index contributed by atoms with van der Waals surface area (Å²) in [6.45, 7) is 6.17. The van der Waals surface area contributed by atoms with Crippen LogP contribution >= 0.6 is 0 Å². The van der Waals surface area contributed by atoms with Gasteiger partial charge in [0.2, 0.25) is 0 Å². The molecule has 138 valence electrons. The van der Waals surface area contributed by atoms with Crippen molar-refractivity contribution in [3.63, 3.8) is 0 Å². The summed E-state index contributed by atoms with van der Waals surface area (Å²) in [6, 6.07) is -1.16. The molecule has 0 aliphatic heterocycles. The summed E-state index contributed by atoms with van der Waals surface area (Å²) in [5.41, 5.74) is -0.743. The topological polar surface area (TPSA) is 131 Å². The van der Waals surface area contributed by atoms with E-state index in [-0.39, 0.29) is 19.3 Å². The van der Waals surface area contributed by atoms with Gasteiger partial charge in [-0.2, -0.15) is 0 Å². The highest BCUT2D eigenvalue weighted by Crippen LogP contribution is 2.11. The zero-order chi connectivity index (χ0) is 18.9. The molecule has 0 bridgehead atoms. The summed E-state index contributed by atoms with van der Waals surface area (Å²) in [6.07, 6.45) is -1.39. The highest BCUT2D eigenvalue weighted by atomic mass is 16.6. The van der Waals surface area contributed by atoms with E-state index < -0.39 is 41.7 Å². The molecule has 0 saturated heterocycles. The fourth-order valence-corrected chi connectivity index (χ4v) is 1.82. The Bertz CT molecular complexity index is 471. The number of rotatable bonds is 8. The molecule has 9 heteroatoms. The van der Waals surface area contributed by atoms with Gasteiger partial charge < -0.3 is 25.2 Å². The Balaban J connectivity index is 4.57. The highest BCUT2D eigenvalue weighted by molar-refractivity contribution is 5.83. The Labute approximate surface area is 141 Å². The van der Waals surface area contributed by atoms with Gasteiger partial charge in [0.1, 0.15) is 11.6 Å². The summed E-state index contributed by atoms with van der Waals surface area (Å²) in [5.74, 6) is -2.30. The van der Waals surface area contributed by atoms with Crippen LogP contribution in [-0.2, 0) is 23.9 Å². The van der Waals surface area contributed by atoms with Crippen LogP contribution in [0.3, 0.4) is 0 Å². The second kappa shape index (κ2) is 9.74. The molecular weight excluding hydrogens is 320 g/mol. The molecule has 0 aromatic rings. The molecule has 0 fully saturated rings. The molecule has 0 aromatic heterocycles. The standard InChI is InChI=1S/C15H26N2O7/c1-9(18)23-11(12(19)16-5)8-6-7-10(13(20)21)17-14(22)24-15(2,3)4/h10-11H,6-8H2,1-5H3,(H,16,19)(H,17,22)(H,20,21)/t10-,11?/m0/s1. The summed E-state index contributed by atoms with van der Waals surface area (Å²) < 4.78 is 9.89. The van der Waals surface area contributed by atoms with E-state index >= 15 is 0 Å². The molecule has 0 radical (unpaired) electrons. The zero-order valence-electron chi connectivity index (χ0n) is 14.7. The molecule has 0 rings (SSSR count). The van der Waals surface area contributed by atoms with Gasteiger partial charge in [0.05, 0.1) is 0 Å². The molecule has 0 spiro atoms. The lowest BCUT2D eigenvalue weighted by atomic mass is 10.1. The number of carboxylic acid groups (broad SMARTS) is 1. The van der Waals surface area contributed by atoms with Crippen LogP contribution in [0, 0.1) is 0 Å². The largest absolute Gasteiger partial charge is 0.480 e. The number of amides is 2. The van der Waals surface area contributed by atoms with Crippen molar-refractivity contribution in [1.29, 1.82) is 0 Å². The van der Waals surface area contributed by atoms with Crippen LogP contribution in [0.5, 0.6) is 0 Å². The summed E-state index contributed by atoms with van der Waals surface area (Å²) >= 11 is 0. The van der Waals surface area contributed by atoms with Gasteiger partial charge in [-0.3, -0.25) is 9.59 Å². The third-order valence-corrected chi connectivity index (χ3v) is 2.80. The molecule has 2 atom stereocenters. The number of carbonyl (C=O) groups is 4. The molecule has 1 unspecified atom stereocenters. The predicted molar refractivity (Wildman–Crippen MR) is 84.3 cm³/mol. The van der Waals surface area contributed by atoms with E-state index in [0.29, 0.717) is 0 Å². The number of ether oxygens (including phenoxy) is 2. The van der Waals surface area contributed by atoms with Crippen molar-refractivity contribution in [2.24, 2.45) is 0 Å². The van der Waals surface area contributed by atoms with Crippen LogP contribution < -0.4 is 10.6 Å². The normalized spacial score (nSPS) is 13.4. The van der Waals surface area contributed by atoms with E-state index in [4.69, 9.17) is 14.6 Å². The van der Waals surface area contributed by atoms with Crippen LogP contribution in [0.2, 0.25) is 0 Å². The van der Waals surface area contributed by atoms with Gasteiger partial charge in [-0.05, 0) is 40.0 Å². The number of hydrogen-bond donors (Lipinski definition) is 3. The van der Waals surface area contributed by atoms with Gasteiger partial charge in [-0.25, -0.2) is 9.59 Å². The first-order chi connectivity index (χ1) is 11.0. The van der Waals surface area contributed by atoms with Gasteiger partial charge in [-0.1, -0.05) is 0 Å². The van der Waals surface area contributed by atoms with E-state index in [0.717, 1.165) is 0 Å². The maximum atomic E-state index is 11.6. The van der Waals surface area contributed by atoms with E-state index in [9.17, 15) is 19.2 Å². The summed E-state index contributed by atoms with van der Waals surface area (Å²) in [4.78, 5) is 45.4. The smallest absolute Gasteiger partial charge is 0.408 e. The number of nitrogens with one attached hydrogen (secondary N) is 2. The minimum Gasteiger partial charge on any atom is -0.480 e. The average molecular weight is 346 g/mol. The van der Waals surface area contributed by atoms with Crippen molar-refractivity contribution in [3.8, 4) is 0 Å². The minimum absolute atomic E-state index is 0.0589. The Morgan fingerprint density at radius 1 is 1.12 bits per heavy atom. The van der Waals surface area contributed by atoms with Crippen molar-refractivity contribution < 1.29 is 33.8 Å². The van der Waals surface area contributed by atoms with Crippen LogP contribution in [0.25, 0.3) is 0 Å². The Kier molecular flexibility index (Phi) is 8.80. The van der Waals surface area contributed by atoms with Crippen molar-refractivity contribution in [3.05, 3.63) is 0 Å². The van der Waals surface area contributed by atoms with Crippen LogP contribution in [-0.4, -0.2) is 53.8 Å². The molecule has 3 N–H and O–H groups in total.